The molecule has 0 saturated heterocycles. The molecule has 1 heterocycles. The topological polar surface area (TPSA) is 102 Å². The van der Waals surface area contributed by atoms with Gasteiger partial charge in [-0.2, -0.15) is 13.2 Å². The molecule has 0 unspecified atom stereocenters. The molecule has 0 aliphatic rings. The number of nitrogens with one attached hydrogen (secondary N) is 1. The molecule has 0 aliphatic carbocycles. The number of benzene rings is 2. The van der Waals surface area contributed by atoms with Crippen molar-refractivity contribution in [3.05, 3.63) is 59.7 Å². The molecule has 28 heavy (non-hydrogen) atoms. The number of aromatic nitrogens is 2. The minimum Gasteiger partial charge on any atom is -0.403 e. The Bertz CT molecular complexity index is 1120. The molecule has 1 aromatic heterocycles. The van der Waals surface area contributed by atoms with Gasteiger partial charge in [-0.15, -0.1) is 5.10 Å². The lowest BCUT2D eigenvalue weighted by Crippen LogP contribution is -2.13. The van der Waals surface area contributed by atoms with E-state index in [0.717, 1.165) is 30.5 Å². The van der Waals surface area contributed by atoms with Crippen LogP contribution in [0.25, 0.3) is 11.5 Å². The molecule has 0 bridgehead atoms. The standard InChI is InChI=1S/C17H12F3N3O4S/c1-28(25,26)13-4-2-3-11(9-13)15-22-23-16(27-15)21-14(24)10-5-7-12(8-6-10)17(18,19)20/h2-9H,1H3,(H,21,23,24). The van der Waals surface area contributed by atoms with Crippen molar-refractivity contribution >= 4 is 21.8 Å². The Morgan fingerprint density at radius 1 is 1.07 bits per heavy atom. The fourth-order valence-electron chi connectivity index (χ4n) is 2.23. The summed E-state index contributed by atoms with van der Waals surface area (Å²) in [5.41, 5.74) is -0.591. The molecular formula is C17H12F3N3O4S. The van der Waals surface area contributed by atoms with Gasteiger partial charge in [-0.3, -0.25) is 10.1 Å². The number of carbonyl (C=O) groups is 1. The van der Waals surface area contributed by atoms with Gasteiger partial charge in [0.1, 0.15) is 0 Å². The quantitative estimate of drug-likeness (QED) is 0.706. The Balaban J connectivity index is 1.77. The van der Waals surface area contributed by atoms with E-state index in [1.807, 2.05) is 0 Å². The molecule has 7 nitrogen and oxygen atoms in total. The zero-order chi connectivity index (χ0) is 20.5. The average Bonchev–Trinajstić information content (AvgIpc) is 3.09. The van der Waals surface area contributed by atoms with E-state index in [1.54, 1.807) is 6.07 Å². The van der Waals surface area contributed by atoms with Crippen molar-refractivity contribution in [2.45, 2.75) is 11.1 Å². The van der Waals surface area contributed by atoms with E-state index in [1.165, 1.54) is 18.2 Å². The third-order valence-corrected chi connectivity index (χ3v) is 4.74. The summed E-state index contributed by atoms with van der Waals surface area (Å²) < 4.78 is 66.2. The van der Waals surface area contributed by atoms with Gasteiger partial charge in [-0.05, 0) is 42.5 Å². The van der Waals surface area contributed by atoms with Crippen molar-refractivity contribution in [3.63, 3.8) is 0 Å². The summed E-state index contributed by atoms with van der Waals surface area (Å²) in [6.45, 7) is 0. The van der Waals surface area contributed by atoms with Crippen LogP contribution in [0.4, 0.5) is 19.2 Å². The number of halogens is 3. The second kappa shape index (κ2) is 7.08. The van der Waals surface area contributed by atoms with Crippen LogP contribution in [-0.2, 0) is 16.0 Å². The number of nitrogens with zero attached hydrogens (tertiary/aromatic N) is 2. The molecule has 0 saturated carbocycles. The molecule has 3 rings (SSSR count). The maximum absolute atomic E-state index is 12.6. The molecule has 146 valence electrons. The van der Waals surface area contributed by atoms with Gasteiger partial charge in [0.05, 0.1) is 10.5 Å². The van der Waals surface area contributed by atoms with E-state index in [0.29, 0.717) is 5.56 Å². The van der Waals surface area contributed by atoms with Gasteiger partial charge in [-0.1, -0.05) is 11.2 Å². The summed E-state index contributed by atoms with van der Waals surface area (Å²) in [4.78, 5) is 12.2. The summed E-state index contributed by atoms with van der Waals surface area (Å²) in [5.74, 6) is -0.776. The summed E-state index contributed by atoms with van der Waals surface area (Å²) in [7, 11) is -3.44. The van der Waals surface area contributed by atoms with Crippen LogP contribution in [0, 0.1) is 0 Å². The predicted molar refractivity (Wildman–Crippen MR) is 92.2 cm³/mol. The van der Waals surface area contributed by atoms with Crippen LogP contribution in [-0.4, -0.2) is 30.8 Å². The minimum atomic E-state index is -4.50. The highest BCUT2D eigenvalue weighted by molar-refractivity contribution is 7.90. The number of hydrogen-bond donors (Lipinski definition) is 1. The Hall–Kier alpha value is -3.21. The summed E-state index contributed by atoms with van der Waals surface area (Å²) >= 11 is 0. The Morgan fingerprint density at radius 3 is 2.36 bits per heavy atom. The highest BCUT2D eigenvalue weighted by atomic mass is 32.2. The summed E-state index contributed by atoms with van der Waals surface area (Å²) in [6.07, 6.45) is -3.45. The number of sulfone groups is 1. The SMILES string of the molecule is CS(=O)(=O)c1cccc(-c2nnc(NC(=O)c3ccc(C(F)(F)F)cc3)o2)c1. The van der Waals surface area contributed by atoms with Gasteiger partial charge in [0, 0.05) is 17.4 Å². The van der Waals surface area contributed by atoms with E-state index in [9.17, 15) is 26.4 Å². The van der Waals surface area contributed by atoms with Gasteiger partial charge >= 0.3 is 12.2 Å². The van der Waals surface area contributed by atoms with E-state index >= 15 is 0 Å². The van der Waals surface area contributed by atoms with Gasteiger partial charge in [0.2, 0.25) is 5.89 Å². The third-order valence-electron chi connectivity index (χ3n) is 3.63. The molecule has 1 N–H and O–H groups in total. The second-order valence-corrected chi connectivity index (χ2v) is 7.76. The smallest absolute Gasteiger partial charge is 0.403 e. The molecule has 1 amide bonds. The normalized spacial score (nSPS) is 12.0. The molecular weight excluding hydrogens is 399 g/mol. The average molecular weight is 411 g/mol. The molecule has 0 radical (unpaired) electrons. The molecule has 2 aromatic carbocycles. The Morgan fingerprint density at radius 2 is 1.75 bits per heavy atom. The fourth-order valence-corrected chi connectivity index (χ4v) is 2.90. The first-order valence-electron chi connectivity index (χ1n) is 7.66. The molecule has 0 spiro atoms. The zero-order valence-electron chi connectivity index (χ0n) is 14.2. The largest absolute Gasteiger partial charge is 0.416 e. The van der Waals surface area contributed by atoms with E-state index < -0.39 is 27.5 Å². The van der Waals surface area contributed by atoms with Gasteiger partial charge < -0.3 is 4.42 Å². The van der Waals surface area contributed by atoms with Crippen molar-refractivity contribution in [1.29, 1.82) is 0 Å². The van der Waals surface area contributed by atoms with Crippen molar-refractivity contribution in [2.75, 3.05) is 11.6 Å². The fraction of sp³-hybridized carbons (Fsp3) is 0.118. The van der Waals surface area contributed by atoms with Crippen molar-refractivity contribution in [2.24, 2.45) is 0 Å². The highest BCUT2D eigenvalue weighted by Gasteiger charge is 2.30. The second-order valence-electron chi connectivity index (χ2n) is 5.74. The molecule has 11 heteroatoms. The lowest BCUT2D eigenvalue weighted by molar-refractivity contribution is -0.137. The molecule has 0 aliphatic heterocycles. The zero-order valence-corrected chi connectivity index (χ0v) is 15.0. The van der Waals surface area contributed by atoms with E-state index in [-0.39, 0.29) is 22.4 Å². The number of amides is 1. The van der Waals surface area contributed by atoms with Crippen molar-refractivity contribution in [1.82, 2.24) is 10.2 Å². The Labute approximate surface area is 157 Å². The third kappa shape index (κ3) is 4.36. The number of hydrogen-bond acceptors (Lipinski definition) is 6. The molecule has 0 atom stereocenters. The highest BCUT2D eigenvalue weighted by Crippen LogP contribution is 2.29. The Kier molecular flexibility index (Phi) is 4.94. The van der Waals surface area contributed by atoms with Crippen LogP contribution in [0.5, 0.6) is 0 Å². The number of rotatable bonds is 4. The van der Waals surface area contributed by atoms with Crippen molar-refractivity contribution in [3.8, 4) is 11.5 Å². The summed E-state index contributed by atoms with van der Waals surface area (Å²) in [6, 6.07) is 9.10. The van der Waals surface area contributed by atoms with E-state index in [2.05, 4.69) is 15.5 Å². The lowest BCUT2D eigenvalue weighted by atomic mass is 10.1. The number of carbonyl (C=O) groups excluding carboxylic acids is 1. The van der Waals surface area contributed by atoms with Crippen LogP contribution in [0.2, 0.25) is 0 Å². The van der Waals surface area contributed by atoms with Crippen molar-refractivity contribution < 1.29 is 30.8 Å². The van der Waals surface area contributed by atoms with Crippen LogP contribution in [0.15, 0.2) is 57.8 Å². The van der Waals surface area contributed by atoms with Crippen LogP contribution >= 0.6 is 0 Å². The number of alkyl halides is 3. The first kappa shape index (κ1) is 19.5. The van der Waals surface area contributed by atoms with Crippen LogP contribution in [0.3, 0.4) is 0 Å². The lowest BCUT2D eigenvalue weighted by Gasteiger charge is -2.07. The summed E-state index contributed by atoms with van der Waals surface area (Å²) in [5, 5.41) is 9.63. The molecule has 3 aromatic rings. The van der Waals surface area contributed by atoms with Gasteiger partial charge in [-0.25, -0.2) is 8.42 Å². The van der Waals surface area contributed by atoms with Gasteiger partial charge in [0.25, 0.3) is 5.91 Å². The minimum absolute atomic E-state index is 0.0341. The monoisotopic (exact) mass is 411 g/mol. The maximum atomic E-state index is 12.6. The predicted octanol–water partition coefficient (Wildman–Crippen LogP) is 3.41. The maximum Gasteiger partial charge on any atom is 0.416 e. The first-order valence-corrected chi connectivity index (χ1v) is 9.56. The molecule has 0 fully saturated rings. The van der Waals surface area contributed by atoms with Crippen LogP contribution < -0.4 is 5.32 Å². The number of anilines is 1. The van der Waals surface area contributed by atoms with Gasteiger partial charge in [0.15, 0.2) is 9.84 Å². The van der Waals surface area contributed by atoms with E-state index in [4.69, 9.17) is 4.42 Å². The van der Waals surface area contributed by atoms with Crippen LogP contribution in [0.1, 0.15) is 15.9 Å². The first-order chi connectivity index (χ1) is 13.0.